The van der Waals surface area contributed by atoms with Crippen LogP contribution in [0.15, 0.2) is 0 Å². The van der Waals surface area contributed by atoms with Crippen LogP contribution in [0.5, 0.6) is 0 Å². The fraction of sp³-hybridized carbons (Fsp3) is 0. The number of thiocyanates is 1. The van der Waals surface area contributed by atoms with Crippen LogP contribution in [0, 0.1) is 10.7 Å². The van der Waals surface area contributed by atoms with Gasteiger partial charge in [-0.2, -0.15) is 5.26 Å². The molecule has 0 aliphatic heterocycles. The molecule has 0 fully saturated rings. The van der Waals surface area contributed by atoms with Gasteiger partial charge >= 0.3 is 21.8 Å². The van der Waals surface area contributed by atoms with E-state index in [1.807, 2.05) is 0 Å². The molecular weight excluding hydrogens is 139 g/mol. The molecule has 0 aromatic carbocycles. The molecule has 5 heavy (non-hydrogen) atoms. The Bertz CT molecular complexity index is 41.4. The average Bonchev–Trinajstić information content (AvgIpc) is 1.46. The topological polar surface area (TPSA) is 40.9 Å². The summed E-state index contributed by atoms with van der Waals surface area (Å²) in [5, 5.41) is 8.63. The quantitative estimate of drug-likeness (QED) is 0.298. The molecule has 0 atom stereocenters. The average molecular weight is 140 g/mol. The molecule has 0 bridgehead atoms. The molecule has 4 heteroatoms. The Morgan fingerprint density at radius 3 is 1.80 bits per heavy atom. The molecule has 0 unspecified atom stereocenters. The van der Waals surface area contributed by atoms with Gasteiger partial charge in [-0.15, -0.1) is 0 Å². The van der Waals surface area contributed by atoms with Crippen molar-refractivity contribution in [1.29, 1.82) is 5.26 Å². The van der Waals surface area contributed by atoms with Gasteiger partial charge in [0.05, 0.1) is 0 Å². The monoisotopic (exact) mass is 139 g/mol. The van der Waals surface area contributed by atoms with Gasteiger partial charge in [0, 0.05) is 0 Å². The van der Waals surface area contributed by atoms with Crippen LogP contribution >= 0.6 is 12.6 Å². The summed E-state index contributed by atoms with van der Waals surface area (Å²) in [6, 6.07) is 0. The number of rotatable bonds is 0. The molecule has 0 aliphatic carbocycles. The van der Waals surface area contributed by atoms with E-state index in [-0.39, 0.29) is 18.3 Å². The van der Waals surface area contributed by atoms with Crippen LogP contribution in [-0.2, 0) is 21.8 Å². The van der Waals surface area contributed by atoms with Crippen molar-refractivity contribution in [2.75, 3.05) is 0 Å². The van der Waals surface area contributed by atoms with Gasteiger partial charge in [0.25, 0.3) is 0 Å². The predicted molar refractivity (Wildman–Crippen MR) is 15.3 cm³/mol. The van der Waals surface area contributed by atoms with Crippen LogP contribution in [0.2, 0.25) is 0 Å². The van der Waals surface area contributed by atoms with Crippen molar-refractivity contribution in [3.8, 4) is 5.40 Å². The van der Waals surface area contributed by atoms with Gasteiger partial charge in [0.1, 0.15) is 5.40 Å². The van der Waals surface area contributed by atoms with E-state index in [1.54, 1.807) is 0 Å². The molecule has 0 spiro atoms. The Morgan fingerprint density at radius 1 is 1.80 bits per heavy atom. The van der Waals surface area contributed by atoms with E-state index in [1.165, 1.54) is 5.40 Å². The van der Waals surface area contributed by atoms with Gasteiger partial charge < -0.3 is 0 Å². The number of thiol groups is 1. The summed E-state index contributed by atoms with van der Waals surface area (Å²) in [5.41, 5.74) is 0. The van der Waals surface area contributed by atoms with E-state index in [9.17, 15) is 0 Å². The maximum atomic E-state index is 8.38. The van der Waals surface area contributed by atoms with Crippen LogP contribution in [-0.4, -0.2) is 0 Å². The van der Waals surface area contributed by atoms with Gasteiger partial charge in [-0.05, 0) is 0 Å². The fourth-order valence-corrected chi connectivity index (χ4v) is 0. The molecule has 0 N–H and O–H groups in total. The van der Waals surface area contributed by atoms with Crippen molar-refractivity contribution in [1.82, 2.24) is 0 Å². The van der Waals surface area contributed by atoms with Crippen molar-refractivity contribution in [2.45, 2.75) is 0 Å². The fourth-order valence-electron chi connectivity index (χ4n) is 0. The minimum absolute atomic E-state index is 0.125. The molecule has 0 radical (unpaired) electrons. The molecule has 0 saturated heterocycles. The Balaban J connectivity index is 0. The van der Waals surface area contributed by atoms with E-state index in [0.29, 0.717) is 0 Å². The maximum absolute atomic E-state index is 8.38. The molecule has 0 amide bonds. The van der Waals surface area contributed by atoms with Crippen LogP contribution in [0.1, 0.15) is 0 Å². The van der Waals surface area contributed by atoms with E-state index in [4.69, 9.17) is 8.84 Å². The molecule has 0 rings (SSSR count). The summed E-state index contributed by atoms with van der Waals surface area (Å²) < 4.78 is 8.38. The first-order valence-corrected chi connectivity index (χ1v) is 2.39. The predicted octanol–water partition coefficient (Wildman–Crippen LogP) is 0.276. The Hall–Kier alpha value is 0.263. The van der Waals surface area contributed by atoms with E-state index >= 15 is 0 Å². The summed E-state index contributed by atoms with van der Waals surface area (Å²) in [7, 11) is 0. The third kappa shape index (κ3) is 315. The van der Waals surface area contributed by atoms with Gasteiger partial charge in [0.2, 0.25) is 0 Å². The third-order valence-corrected chi connectivity index (χ3v) is 0. The summed E-state index contributed by atoms with van der Waals surface area (Å²) in [4.78, 5) is 0. The van der Waals surface area contributed by atoms with Crippen molar-refractivity contribution in [3.05, 3.63) is 0 Å². The molecular formula is CHNOSZn. The minimum atomic E-state index is 0.125. The summed E-state index contributed by atoms with van der Waals surface area (Å²) in [5.74, 6) is 0. The first-order chi connectivity index (χ1) is 2.41. The van der Waals surface area contributed by atoms with Crippen LogP contribution in [0.3, 0.4) is 0 Å². The second-order valence-corrected chi connectivity index (χ2v) is 0.300. The molecule has 0 aromatic heterocycles. The van der Waals surface area contributed by atoms with Crippen LogP contribution < -0.4 is 0 Å². The normalized spacial score (nSPS) is 2.80. The number of nitriles is 1. The SMILES string of the molecule is N#CS.[O]=[Zn]. The summed E-state index contributed by atoms with van der Waals surface area (Å²) >= 11 is 3.22. The second kappa shape index (κ2) is 28.4. The van der Waals surface area contributed by atoms with Crippen molar-refractivity contribution < 1.29 is 21.8 Å². The zero-order chi connectivity index (χ0) is 4.71. The van der Waals surface area contributed by atoms with Gasteiger partial charge in [0.15, 0.2) is 0 Å². The standard InChI is InChI=1S/CHNS.O.Zn/c2-1-3;;/h3H;;. The molecule has 0 heterocycles. The van der Waals surface area contributed by atoms with E-state index in [0.717, 1.165) is 0 Å². The zero-order valence-corrected chi connectivity index (χ0v) is 6.37. The Kier molecular flexibility index (Phi) is 51.1. The third-order valence-electron chi connectivity index (χ3n) is 0. The summed E-state index contributed by atoms with van der Waals surface area (Å²) in [6.07, 6.45) is 0. The van der Waals surface area contributed by atoms with Crippen LogP contribution in [0.25, 0.3) is 0 Å². The first-order valence-electron chi connectivity index (χ1n) is 0.736. The number of hydrogen-bond donors (Lipinski definition) is 1. The number of hydrogen-bond acceptors (Lipinski definition) is 3. The molecule has 0 aliphatic rings. The first kappa shape index (κ1) is 8.98. The molecule has 24 valence electrons. The summed E-state index contributed by atoms with van der Waals surface area (Å²) in [6.45, 7) is 0. The van der Waals surface area contributed by atoms with Gasteiger partial charge in [-0.3, -0.25) is 0 Å². The van der Waals surface area contributed by atoms with Crippen LogP contribution in [0.4, 0.5) is 0 Å². The van der Waals surface area contributed by atoms with Gasteiger partial charge in [-0.1, -0.05) is 12.6 Å². The van der Waals surface area contributed by atoms with E-state index in [2.05, 4.69) is 12.6 Å². The van der Waals surface area contributed by atoms with Crippen molar-refractivity contribution in [2.24, 2.45) is 0 Å². The van der Waals surface area contributed by atoms with Crippen molar-refractivity contribution >= 4 is 12.6 Å². The van der Waals surface area contributed by atoms with Crippen molar-refractivity contribution in [3.63, 3.8) is 0 Å². The van der Waals surface area contributed by atoms with E-state index < -0.39 is 0 Å². The Labute approximate surface area is 45.5 Å². The zero-order valence-electron chi connectivity index (χ0n) is 2.51. The second-order valence-electron chi connectivity index (χ2n) is 0.100. The Morgan fingerprint density at radius 2 is 1.80 bits per heavy atom. The molecule has 0 aromatic rings. The molecule has 2 nitrogen and oxygen atoms in total. The number of nitrogens with zero attached hydrogens (tertiary/aromatic N) is 1. The molecule has 0 saturated carbocycles. The van der Waals surface area contributed by atoms with Gasteiger partial charge in [-0.25, -0.2) is 0 Å².